The lowest BCUT2D eigenvalue weighted by Crippen LogP contribution is -2.29. The summed E-state index contributed by atoms with van der Waals surface area (Å²) in [6.07, 6.45) is 4.00. The largest absolute Gasteiger partial charge is 0.317 e. The molecule has 0 saturated carbocycles. The highest BCUT2D eigenvalue weighted by molar-refractivity contribution is 5.92. The summed E-state index contributed by atoms with van der Waals surface area (Å²) >= 11 is 0. The lowest BCUT2D eigenvalue weighted by atomic mass is 9.92. The third-order valence-electron chi connectivity index (χ3n) is 3.42. The van der Waals surface area contributed by atoms with E-state index in [1.807, 2.05) is 0 Å². The molecule has 1 aliphatic rings. The molecule has 0 radical (unpaired) electrons. The van der Waals surface area contributed by atoms with Gasteiger partial charge in [0.1, 0.15) is 0 Å². The summed E-state index contributed by atoms with van der Waals surface area (Å²) in [6.45, 7) is 1.92. The molecule has 0 aromatic carbocycles. The Hall–Kier alpha value is -2.02. The van der Waals surface area contributed by atoms with Crippen LogP contribution in [0.3, 0.4) is 0 Å². The Bertz CT molecular complexity index is 653. The van der Waals surface area contributed by atoms with Gasteiger partial charge in [0.05, 0.1) is 0 Å². The summed E-state index contributed by atoms with van der Waals surface area (Å²) in [7, 11) is 0. The second-order valence-electron chi connectivity index (χ2n) is 4.83. The van der Waals surface area contributed by atoms with E-state index in [1.165, 1.54) is 16.8 Å². The molecule has 3 rings (SSSR count). The highest BCUT2D eigenvalue weighted by Gasteiger charge is 2.20. The number of hydrogen-bond donors (Lipinski definition) is 2. The molecule has 0 unspecified atom stereocenters. The number of aromatic nitrogens is 4. The number of nitrogens with one attached hydrogen (secondary N) is 2. The molecule has 2 N–H and O–H groups in total. The smallest absolute Gasteiger partial charge is 0.252 e. The molecule has 3 heterocycles. The maximum Gasteiger partial charge on any atom is 0.252 e. The van der Waals surface area contributed by atoms with E-state index in [-0.39, 0.29) is 17.2 Å². The number of ketones is 1. The van der Waals surface area contributed by atoms with Crippen LogP contribution in [0.1, 0.15) is 29.9 Å². The minimum absolute atomic E-state index is 0.0588. The van der Waals surface area contributed by atoms with Crippen molar-refractivity contribution in [2.24, 2.45) is 5.92 Å². The molecule has 1 fully saturated rings. The Kier molecular flexibility index (Phi) is 3.12. The van der Waals surface area contributed by atoms with E-state index in [9.17, 15) is 9.59 Å². The molecule has 0 aliphatic carbocycles. The average Bonchev–Trinajstić information content (AvgIpc) is 2.83. The molecular formula is C12H15N5O2. The van der Waals surface area contributed by atoms with Crippen LogP contribution in [0.5, 0.6) is 0 Å². The molecule has 0 atom stereocenters. The van der Waals surface area contributed by atoms with Crippen LogP contribution in [0.15, 0.2) is 17.1 Å². The number of aromatic amines is 1. The molecule has 1 saturated heterocycles. The van der Waals surface area contributed by atoms with E-state index in [0.717, 1.165) is 25.9 Å². The zero-order valence-electron chi connectivity index (χ0n) is 10.4. The first-order chi connectivity index (χ1) is 9.22. The number of fused-ring (bicyclic) bond motifs is 1. The fourth-order valence-corrected chi connectivity index (χ4v) is 2.36. The Balaban J connectivity index is 1.79. The third-order valence-corrected chi connectivity index (χ3v) is 3.42. The number of rotatable bonds is 3. The topological polar surface area (TPSA) is 92.1 Å². The standard InChI is InChI=1S/C12H15N5O2/c18-9(7-8-1-4-13-5-2-8)11-15-12-14-10(19)3-6-17(12)16-11/h3,6,8,13H,1-2,4-5,7H2,(H,14,15,16,19). The lowest BCUT2D eigenvalue weighted by molar-refractivity contribution is 0.0942. The first-order valence-corrected chi connectivity index (χ1v) is 6.42. The lowest BCUT2D eigenvalue weighted by Gasteiger charge is -2.21. The quantitative estimate of drug-likeness (QED) is 0.758. The van der Waals surface area contributed by atoms with E-state index >= 15 is 0 Å². The molecule has 0 spiro atoms. The van der Waals surface area contributed by atoms with Crippen molar-refractivity contribution in [3.63, 3.8) is 0 Å². The first kappa shape index (κ1) is 12.0. The molecule has 19 heavy (non-hydrogen) atoms. The summed E-state index contributed by atoms with van der Waals surface area (Å²) in [4.78, 5) is 29.9. The van der Waals surface area contributed by atoms with E-state index in [2.05, 4.69) is 20.4 Å². The summed E-state index contributed by atoms with van der Waals surface area (Å²) in [5.74, 6) is 0.831. The van der Waals surface area contributed by atoms with Gasteiger partial charge in [-0.05, 0) is 31.8 Å². The van der Waals surface area contributed by atoms with Gasteiger partial charge in [-0.15, -0.1) is 5.10 Å². The number of carbonyl (C=O) groups excluding carboxylic acids is 1. The summed E-state index contributed by atoms with van der Waals surface area (Å²) in [5.41, 5.74) is -0.253. The molecule has 0 bridgehead atoms. The van der Waals surface area contributed by atoms with Gasteiger partial charge >= 0.3 is 0 Å². The second-order valence-corrected chi connectivity index (χ2v) is 4.83. The van der Waals surface area contributed by atoms with E-state index in [1.54, 1.807) is 0 Å². The monoisotopic (exact) mass is 261 g/mol. The van der Waals surface area contributed by atoms with Crippen LogP contribution in [0, 0.1) is 5.92 Å². The number of Topliss-reactive ketones (excluding diaryl/α,β-unsaturated/α-hetero) is 1. The third kappa shape index (κ3) is 2.55. The van der Waals surface area contributed by atoms with Crippen molar-refractivity contribution >= 4 is 11.6 Å². The van der Waals surface area contributed by atoms with Crippen LogP contribution in [0.25, 0.3) is 5.78 Å². The normalized spacial score (nSPS) is 16.8. The zero-order valence-corrected chi connectivity index (χ0v) is 10.4. The summed E-state index contributed by atoms with van der Waals surface area (Å²) < 4.78 is 1.41. The summed E-state index contributed by atoms with van der Waals surface area (Å²) in [5, 5.41) is 7.36. The molecule has 7 nitrogen and oxygen atoms in total. The Morgan fingerprint density at radius 2 is 2.21 bits per heavy atom. The number of carbonyl (C=O) groups is 1. The highest BCUT2D eigenvalue weighted by atomic mass is 16.1. The summed E-state index contributed by atoms with van der Waals surface area (Å²) in [6, 6.07) is 1.35. The first-order valence-electron chi connectivity index (χ1n) is 6.42. The minimum atomic E-state index is -0.253. The van der Waals surface area contributed by atoms with Crippen molar-refractivity contribution < 1.29 is 4.79 Å². The van der Waals surface area contributed by atoms with Gasteiger partial charge in [0.15, 0.2) is 0 Å². The van der Waals surface area contributed by atoms with Crippen molar-refractivity contribution in [1.82, 2.24) is 24.9 Å². The Labute approximate surface area is 109 Å². The van der Waals surface area contributed by atoms with Crippen LogP contribution in [0.4, 0.5) is 0 Å². The fourth-order valence-electron chi connectivity index (χ4n) is 2.36. The van der Waals surface area contributed by atoms with Gasteiger partial charge in [0, 0.05) is 18.7 Å². The maximum atomic E-state index is 12.1. The number of nitrogens with zero attached hydrogens (tertiary/aromatic N) is 3. The highest BCUT2D eigenvalue weighted by Crippen LogP contribution is 2.17. The van der Waals surface area contributed by atoms with Crippen molar-refractivity contribution in [3.8, 4) is 0 Å². The van der Waals surface area contributed by atoms with Crippen LogP contribution in [0.2, 0.25) is 0 Å². The van der Waals surface area contributed by atoms with Gasteiger partial charge in [0.2, 0.25) is 17.4 Å². The maximum absolute atomic E-state index is 12.1. The SMILES string of the molecule is O=C(CC1CCNCC1)c1nc2[nH]c(=O)ccn2n1. The molecule has 0 amide bonds. The van der Waals surface area contributed by atoms with Gasteiger partial charge in [-0.1, -0.05) is 0 Å². The van der Waals surface area contributed by atoms with Crippen molar-refractivity contribution in [1.29, 1.82) is 0 Å². The Morgan fingerprint density at radius 3 is 3.00 bits per heavy atom. The van der Waals surface area contributed by atoms with E-state index < -0.39 is 0 Å². The molecule has 7 heteroatoms. The van der Waals surface area contributed by atoms with E-state index in [0.29, 0.717) is 18.1 Å². The minimum Gasteiger partial charge on any atom is -0.317 e. The zero-order chi connectivity index (χ0) is 13.2. The molecule has 100 valence electrons. The van der Waals surface area contributed by atoms with Crippen LogP contribution >= 0.6 is 0 Å². The number of hydrogen-bond acceptors (Lipinski definition) is 5. The predicted octanol–water partition coefficient (Wildman–Crippen LogP) is -0.0100. The second kappa shape index (κ2) is 4.93. The van der Waals surface area contributed by atoms with Gasteiger partial charge in [0.25, 0.3) is 5.56 Å². The van der Waals surface area contributed by atoms with Gasteiger partial charge in [-0.2, -0.15) is 4.98 Å². The van der Waals surface area contributed by atoms with Gasteiger partial charge < -0.3 is 5.32 Å². The van der Waals surface area contributed by atoms with E-state index in [4.69, 9.17) is 0 Å². The average molecular weight is 261 g/mol. The van der Waals surface area contributed by atoms with Crippen LogP contribution in [-0.4, -0.2) is 38.5 Å². The van der Waals surface area contributed by atoms with Crippen LogP contribution in [-0.2, 0) is 0 Å². The van der Waals surface area contributed by atoms with Crippen molar-refractivity contribution in [3.05, 3.63) is 28.4 Å². The molecule has 2 aromatic rings. The van der Waals surface area contributed by atoms with Crippen molar-refractivity contribution in [2.45, 2.75) is 19.3 Å². The van der Waals surface area contributed by atoms with Crippen molar-refractivity contribution in [2.75, 3.05) is 13.1 Å². The predicted molar refractivity (Wildman–Crippen MR) is 68.1 cm³/mol. The molecule has 2 aromatic heterocycles. The Morgan fingerprint density at radius 1 is 1.42 bits per heavy atom. The molecule has 1 aliphatic heterocycles. The number of piperidine rings is 1. The molecular weight excluding hydrogens is 246 g/mol. The van der Waals surface area contributed by atoms with Gasteiger partial charge in [-0.3, -0.25) is 14.6 Å². The number of H-pyrrole nitrogens is 1. The van der Waals surface area contributed by atoms with Gasteiger partial charge in [-0.25, -0.2) is 4.52 Å². The van der Waals surface area contributed by atoms with Crippen LogP contribution < -0.4 is 10.9 Å². The fraction of sp³-hybridized carbons (Fsp3) is 0.500.